The van der Waals surface area contributed by atoms with Gasteiger partial charge in [-0.1, -0.05) is 177 Å². The van der Waals surface area contributed by atoms with Crippen LogP contribution in [0.25, 0.3) is 0 Å². The predicted molar refractivity (Wildman–Crippen MR) is 244 cm³/mol. The molecule has 0 aromatic rings. The molecule has 0 radical (unpaired) electrons. The van der Waals surface area contributed by atoms with Gasteiger partial charge in [-0.3, -0.25) is 4.79 Å². The van der Waals surface area contributed by atoms with E-state index in [9.17, 15) is 30.3 Å². The van der Waals surface area contributed by atoms with Crippen LogP contribution in [0.3, 0.4) is 0 Å². The zero-order valence-electron chi connectivity index (χ0n) is 37.5. The van der Waals surface area contributed by atoms with Crippen molar-refractivity contribution in [3.05, 3.63) is 60.8 Å². The highest BCUT2D eigenvalue weighted by Gasteiger charge is 2.44. The van der Waals surface area contributed by atoms with E-state index in [2.05, 4.69) is 67.8 Å². The van der Waals surface area contributed by atoms with E-state index < -0.39 is 49.5 Å². The van der Waals surface area contributed by atoms with Gasteiger partial charge in [0.1, 0.15) is 24.4 Å². The Morgan fingerprint density at radius 1 is 0.576 bits per heavy atom. The number of hydrogen-bond donors (Lipinski definition) is 6. The molecule has 9 nitrogen and oxygen atoms in total. The van der Waals surface area contributed by atoms with Gasteiger partial charge in [0.2, 0.25) is 5.91 Å². The molecular weight excluding hydrogens is 743 g/mol. The molecule has 7 atom stereocenters. The summed E-state index contributed by atoms with van der Waals surface area (Å²) >= 11 is 0. The van der Waals surface area contributed by atoms with Crippen LogP contribution in [0.5, 0.6) is 0 Å². The highest BCUT2D eigenvalue weighted by atomic mass is 16.7. The van der Waals surface area contributed by atoms with Crippen LogP contribution >= 0.6 is 0 Å². The molecule has 0 spiro atoms. The topological polar surface area (TPSA) is 149 Å². The van der Waals surface area contributed by atoms with Crippen molar-refractivity contribution < 1.29 is 39.8 Å². The Hall–Kier alpha value is -2.11. The lowest BCUT2D eigenvalue weighted by molar-refractivity contribution is -0.302. The molecule has 1 amide bonds. The maximum absolute atomic E-state index is 12.9. The highest BCUT2D eigenvalue weighted by molar-refractivity contribution is 5.76. The molecule has 342 valence electrons. The first-order valence-electron chi connectivity index (χ1n) is 24.0. The Balaban J connectivity index is 2.27. The van der Waals surface area contributed by atoms with Crippen LogP contribution < -0.4 is 5.32 Å². The van der Waals surface area contributed by atoms with Crippen molar-refractivity contribution >= 4 is 5.91 Å². The second-order valence-corrected chi connectivity index (χ2v) is 16.5. The van der Waals surface area contributed by atoms with Crippen LogP contribution in [0.15, 0.2) is 60.8 Å². The largest absolute Gasteiger partial charge is 0.394 e. The van der Waals surface area contributed by atoms with E-state index in [1.165, 1.54) is 116 Å². The lowest BCUT2D eigenvalue weighted by Crippen LogP contribution is -2.60. The summed E-state index contributed by atoms with van der Waals surface area (Å²) in [6.45, 7) is 3.70. The minimum Gasteiger partial charge on any atom is -0.394 e. The Labute approximate surface area is 360 Å². The Kier molecular flexibility index (Phi) is 37.2. The first-order valence-corrected chi connectivity index (χ1v) is 24.0. The van der Waals surface area contributed by atoms with E-state index in [0.717, 1.165) is 57.8 Å². The van der Waals surface area contributed by atoms with Gasteiger partial charge < -0.3 is 40.3 Å². The van der Waals surface area contributed by atoms with Crippen molar-refractivity contribution in [3.63, 3.8) is 0 Å². The molecular formula is C50H89NO8. The van der Waals surface area contributed by atoms with E-state index in [-0.39, 0.29) is 12.5 Å². The summed E-state index contributed by atoms with van der Waals surface area (Å²) in [5, 5.41) is 54.1. The lowest BCUT2D eigenvalue weighted by atomic mass is 9.99. The zero-order chi connectivity index (χ0) is 43.0. The zero-order valence-corrected chi connectivity index (χ0v) is 37.5. The van der Waals surface area contributed by atoms with Crippen LogP contribution in [-0.4, -0.2) is 87.5 Å². The summed E-state index contributed by atoms with van der Waals surface area (Å²) in [4.78, 5) is 12.9. The molecule has 1 saturated heterocycles. The van der Waals surface area contributed by atoms with Crippen LogP contribution in [0.4, 0.5) is 0 Å². The average Bonchev–Trinajstić information content (AvgIpc) is 3.23. The van der Waals surface area contributed by atoms with E-state index in [1.807, 2.05) is 6.08 Å². The monoisotopic (exact) mass is 832 g/mol. The molecule has 6 N–H and O–H groups in total. The van der Waals surface area contributed by atoms with Gasteiger partial charge in [-0.05, 0) is 70.6 Å². The van der Waals surface area contributed by atoms with Gasteiger partial charge in [0, 0.05) is 6.42 Å². The lowest BCUT2D eigenvalue weighted by Gasteiger charge is -2.40. The number of unbranched alkanes of at least 4 members (excludes halogenated alkanes) is 21. The van der Waals surface area contributed by atoms with Gasteiger partial charge in [0.15, 0.2) is 6.29 Å². The van der Waals surface area contributed by atoms with Gasteiger partial charge in [-0.15, -0.1) is 0 Å². The summed E-state index contributed by atoms with van der Waals surface area (Å²) in [7, 11) is 0. The number of carbonyl (C=O) groups is 1. The molecule has 1 aliphatic rings. The summed E-state index contributed by atoms with van der Waals surface area (Å²) in [5.41, 5.74) is 0. The molecule has 1 heterocycles. The second-order valence-electron chi connectivity index (χ2n) is 16.5. The fraction of sp³-hybridized carbons (Fsp3) is 0.780. The molecule has 0 aromatic carbocycles. The summed E-state index contributed by atoms with van der Waals surface area (Å²) in [6, 6.07) is -0.824. The fourth-order valence-electron chi connectivity index (χ4n) is 7.18. The maximum Gasteiger partial charge on any atom is 0.220 e. The van der Waals surface area contributed by atoms with Crippen LogP contribution in [0.1, 0.15) is 194 Å². The van der Waals surface area contributed by atoms with E-state index in [4.69, 9.17) is 9.47 Å². The van der Waals surface area contributed by atoms with Gasteiger partial charge >= 0.3 is 0 Å². The minimum atomic E-state index is -1.57. The normalized spacial score (nSPS) is 21.2. The maximum atomic E-state index is 12.9. The predicted octanol–water partition coefficient (Wildman–Crippen LogP) is 10.4. The molecule has 9 heteroatoms. The van der Waals surface area contributed by atoms with Gasteiger partial charge in [-0.25, -0.2) is 0 Å². The Morgan fingerprint density at radius 2 is 1.02 bits per heavy atom. The van der Waals surface area contributed by atoms with Crippen molar-refractivity contribution in [1.29, 1.82) is 0 Å². The van der Waals surface area contributed by atoms with Crippen molar-refractivity contribution in [1.82, 2.24) is 5.32 Å². The van der Waals surface area contributed by atoms with Crippen molar-refractivity contribution in [2.75, 3.05) is 13.2 Å². The molecule has 1 fully saturated rings. The van der Waals surface area contributed by atoms with Crippen LogP contribution in [-0.2, 0) is 14.3 Å². The third-order valence-corrected chi connectivity index (χ3v) is 11.1. The average molecular weight is 832 g/mol. The van der Waals surface area contributed by atoms with E-state index in [0.29, 0.717) is 6.42 Å². The highest BCUT2D eigenvalue weighted by Crippen LogP contribution is 2.22. The Morgan fingerprint density at radius 3 is 1.54 bits per heavy atom. The molecule has 0 aromatic heterocycles. The number of hydrogen-bond acceptors (Lipinski definition) is 8. The third-order valence-electron chi connectivity index (χ3n) is 11.1. The smallest absolute Gasteiger partial charge is 0.220 e. The van der Waals surface area contributed by atoms with Crippen LogP contribution in [0, 0.1) is 0 Å². The molecule has 1 aliphatic heterocycles. The molecule has 0 aliphatic carbocycles. The number of aliphatic hydroxyl groups excluding tert-OH is 5. The number of carbonyl (C=O) groups excluding carboxylic acids is 1. The molecule has 0 bridgehead atoms. The SMILES string of the molecule is CCCCCCC/C=C\C/C=C\C/C=C\CCCCCCCCCCCCC(=O)NC(COC1OC(CO)C(O)C(O)C1O)C(O)/C=C/CC/C=C/CCCCCCC. The number of amides is 1. The summed E-state index contributed by atoms with van der Waals surface area (Å²) in [5.74, 6) is -0.195. The van der Waals surface area contributed by atoms with Crippen molar-refractivity contribution in [3.8, 4) is 0 Å². The number of ether oxygens (including phenoxy) is 2. The fourth-order valence-corrected chi connectivity index (χ4v) is 7.18. The third kappa shape index (κ3) is 30.6. The van der Waals surface area contributed by atoms with Crippen LogP contribution in [0.2, 0.25) is 0 Å². The molecule has 1 rings (SSSR count). The summed E-state index contributed by atoms with van der Waals surface area (Å²) < 4.78 is 11.2. The van der Waals surface area contributed by atoms with Crippen molar-refractivity contribution in [2.24, 2.45) is 0 Å². The second kappa shape index (κ2) is 40.0. The van der Waals surface area contributed by atoms with Gasteiger partial charge in [0.25, 0.3) is 0 Å². The Bertz CT molecular complexity index is 1100. The summed E-state index contributed by atoms with van der Waals surface area (Å²) in [6.07, 6.45) is 45.6. The number of allylic oxidation sites excluding steroid dienone is 9. The number of rotatable bonds is 39. The van der Waals surface area contributed by atoms with E-state index >= 15 is 0 Å². The quantitative estimate of drug-likeness (QED) is 0.0265. The number of nitrogens with one attached hydrogen (secondary N) is 1. The van der Waals surface area contributed by atoms with Gasteiger partial charge in [-0.2, -0.15) is 0 Å². The molecule has 0 saturated carbocycles. The molecule has 7 unspecified atom stereocenters. The first kappa shape index (κ1) is 54.9. The first-order chi connectivity index (χ1) is 28.8. The van der Waals surface area contributed by atoms with E-state index in [1.54, 1.807) is 6.08 Å². The number of aliphatic hydroxyl groups is 5. The van der Waals surface area contributed by atoms with Gasteiger partial charge in [0.05, 0.1) is 25.4 Å². The standard InChI is InChI=1S/C50H89NO8/c1-3-5-7-9-11-13-15-16-17-18-19-20-21-22-23-24-25-26-27-28-30-32-34-36-38-40-46(54)51-43(42-58-50-49(57)48(56)47(55)45(41-52)59-50)44(53)39-37-35-33-31-29-14-12-10-8-6-4-2/h15-16,18-19,21-22,29,31,37,39,43-45,47-50,52-53,55-57H,3-14,17,20,23-28,30,32-36,38,40-42H2,1-2H3,(H,51,54)/b16-15-,19-18-,22-21-,31-29+,39-37+. The van der Waals surface area contributed by atoms with Crippen molar-refractivity contribution in [2.45, 2.75) is 236 Å². The minimum absolute atomic E-state index is 0.195. The molecule has 59 heavy (non-hydrogen) atoms.